The Morgan fingerprint density at radius 3 is 2.79 bits per heavy atom. The smallest absolute Gasteiger partial charge is 0.326 e. The van der Waals surface area contributed by atoms with Crippen LogP contribution in [-0.2, 0) is 13.0 Å². The standard InChI is InChI=1S/C26H20ClFN6O3S/c27-15-8-13-5-6-20(23-16(28)2-1-7-29-23)36-21(13)10-19(15)34-11-14-17(31-25(34)35)9-18(24-32-26(38)37-33-24)30-22(14)12-3-4-12/h1-2,7-10,12,20H,3-6,11H2,(H,31,35)(H,32,33,38). The second-order valence-electron chi connectivity index (χ2n) is 9.57. The van der Waals surface area contributed by atoms with Gasteiger partial charge in [-0.3, -0.25) is 9.88 Å². The first-order valence-corrected chi connectivity index (χ1v) is 13.0. The topological polar surface area (TPSA) is 109 Å². The minimum absolute atomic E-state index is 0.0833. The molecule has 2 aliphatic heterocycles. The van der Waals surface area contributed by atoms with Crippen LogP contribution in [0.3, 0.4) is 0 Å². The molecule has 1 aromatic carbocycles. The molecule has 4 aromatic rings. The van der Waals surface area contributed by atoms with Crippen LogP contribution in [0.2, 0.25) is 5.02 Å². The van der Waals surface area contributed by atoms with E-state index >= 15 is 0 Å². The third-order valence-corrected chi connectivity index (χ3v) is 7.54. The number of benzene rings is 1. The summed E-state index contributed by atoms with van der Waals surface area (Å²) in [4.78, 5) is 28.2. The Morgan fingerprint density at radius 1 is 1.16 bits per heavy atom. The minimum atomic E-state index is -0.526. The molecule has 0 saturated heterocycles. The largest absolute Gasteiger partial charge is 0.484 e. The zero-order chi connectivity index (χ0) is 26.0. The third kappa shape index (κ3) is 4.02. The average Bonchev–Trinajstić information content (AvgIpc) is 3.67. The van der Waals surface area contributed by atoms with Crippen LogP contribution in [0.4, 0.5) is 20.6 Å². The number of hydrogen-bond acceptors (Lipinski definition) is 7. The van der Waals surface area contributed by atoms with E-state index in [0.717, 1.165) is 29.7 Å². The number of carbonyl (C=O) groups excluding carboxylic acids is 1. The number of rotatable bonds is 4. The van der Waals surface area contributed by atoms with Crippen molar-refractivity contribution in [3.05, 3.63) is 74.7 Å². The molecule has 2 amide bonds. The maximum absolute atomic E-state index is 14.4. The molecule has 9 nitrogen and oxygen atoms in total. The molecule has 1 saturated carbocycles. The third-order valence-electron chi connectivity index (χ3n) is 7.06. The molecule has 5 heterocycles. The summed E-state index contributed by atoms with van der Waals surface area (Å²) in [5, 5.41) is 6.10. The molecule has 1 unspecified atom stereocenters. The molecule has 3 aliphatic rings. The fraction of sp³-hybridized carbons (Fsp3) is 0.269. The lowest BCUT2D eigenvalue weighted by molar-refractivity contribution is 0.167. The van der Waals surface area contributed by atoms with E-state index in [9.17, 15) is 9.18 Å². The number of anilines is 2. The maximum Gasteiger partial charge on any atom is 0.326 e. The Morgan fingerprint density at radius 2 is 2.03 bits per heavy atom. The number of carbonyl (C=O) groups is 1. The van der Waals surface area contributed by atoms with E-state index in [1.807, 2.05) is 6.07 Å². The molecule has 0 bridgehead atoms. The van der Waals surface area contributed by atoms with Gasteiger partial charge in [0.2, 0.25) is 0 Å². The first-order chi connectivity index (χ1) is 18.4. The van der Waals surface area contributed by atoms with Gasteiger partial charge in [0, 0.05) is 23.7 Å². The van der Waals surface area contributed by atoms with Crippen LogP contribution >= 0.6 is 23.8 Å². The number of halogens is 2. The van der Waals surface area contributed by atoms with Crippen LogP contribution < -0.4 is 15.0 Å². The molecule has 3 aromatic heterocycles. The highest BCUT2D eigenvalue weighted by Gasteiger charge is 2.36. The van der Waals surface area contributed by atoms with Crippen LogP contribution in [0.25, 0.3) is 11.5 Å². The van der Waals surface area contributed by atoms with E-state index in [0.29, 0.717) is 52.4 Å². The van der Waals surface area contributed by atoms with E-state index < -0.39 is 11.9 Å². The summed E-state index contributed by atoms with van der Waals surface area (Å²) >= 11 is 11.7. The maximum atomic E-state index is 14.4. The van der Waals surface area contributed by atoms with Crippen molar-refractivity contribution in [3.63, 3.8) is 0 Å². The summed E-state index contributed by atoms with van der Waals surface area (Å²) in [6.07, 6.45) is 4.28. The average molecular weight is 551 g/mol. The molecule has 0 radical (unpaired) electrons. The van der Waals surface area contributed by atoms with Crippen molar-refractivity contribution in [2.45, 2.75) is 44.2 Å². The van der Waals surface area contributed by atoms with Gasteiger partial charge in [-0.25, -0.2) is 14.2 Å². The minimum Gasteiger partial charge on any atom is -0.484 e. The van der Waals surface area contributed by atoms with Gasteiger partial charge in [0.05, 0.1) is 28.6 Å². The summed E-state index contributed by atoms with van der Waals surface area (Å²) in [5.41, 5.74) is 4.70. The number of urea groups is 1. The van der Waals surface area contributed by atoms with E-state index in [1.54, 1.807) is 29.3 Å². The zero-order valence-corrected chi connectivity index (χ0v) is 21.4. The molecule has 12 heteroatoms. The van der Waals surface area contributed by atoms with Crippen LogP contribution in [0.1, 0.15) is 53.8 Å². The van der Waals surface area contributed by atoms with Crippen molar-refractivity contribution >= 4 is 41.2 Å². The summed E-state index contributed by atoms with van der Waals surface area (Å²) in [6, 6.07) is 7.92. The number of nitrogens with zero attached hydrogens (tertiary/aromatic N) is 4. The first-order valence-electron chi connectivity index (χ1n) is 12.2. The summed E-state index contributed by atoms with van der Waals surface area (Å²) in [7, 11) is 0. The Bertz CT molecular complexity index is 1670. The Hall–Kier alpha value is -3.83. The lowest BCUT2D eigenvalue weighted by atomic mass is 9.98. The summed E-state index contributed by atoms with van der Waals surface area (Å²) in [6.45, 7) is 0.284. The number of ether oxygens (including phenoxy) is 1. The number of aromatic amines is 1. The number of hydrogen-bond donors (Lipinski definition) is 2. The van der Waals surface area contributed by atoms with Gasteiger partial charge in [0.25, 0.3) is 0 Å². The van der Waals surface area contributed by atoms with Crippen molar-refractivity contribution < 1.29 is 18.4 Å². The summed E-state index contributed by atoms with van der Waals surface area (Å²) < 4.78 is 25.6. The number of nitrogens with one attached hydrogen (secondary N) is 2. The predicted molar refractivity (Wildman–Crippen MR) is 139 cm³/mol. The van der Waals surface area contributed by atoms with Crippen molar-refractivity contribution in [2.75, 3.05) is 10.2 Å². The van der Waals surface area contributed by atoms with Crippen LogP contribution in [0.15, 0.2) is 41.1 Å². The number of aryl methyl sites for hydroxylation is 1. The quantitative estimate of drug-likeness (QED) is 0.280. The molecule has 1 aliphatic carbocycles. The predicted octanol–water partition coefficient (Wildman–Crippen LogP) is 6.48. The zero-order valence-electron chi connectivity index (χ0n) is 19.8. The molecule has 1 atom stereocenters. The Balaban J connectivity index is 1.24. The molecule has 2 N–H and O–H groups in total. The van der Waals surface area contributed by atoms with Gasteiger partial charge in [0.15, 0.2) is 5.82 Å². The van der Waals surface area contributed by atoms with E-state index in [4.69, 9.17) is 38.1 Å². The van der Waals surface area contributed by atoms with E-state index in [1.165, 1.54) is 6.07 Å². The van der Waals surface area contributed by atoms with Gasteiger partial charge in [-0.05, 0) is 67.7 Å². The number of pyridine rings is 2. The van der Waals surface area contributed by atoms with Crippen molar-refractivity contribution in [3.8, 4) is 17.3 Å². The second kappa shape index (κ2) is 8.88. The highest BCUT2D eigenvalue weighted by molar-refractivity contribution is 7.71. The van der Waals surface area contributed by atoms with Crippen molar-refractivity contribution in [1.29, 1.82) is 0 Å². The lowest BCUT2D eigenvalue weighted by Gasteiger charge is -2.33. The Kier molecular flexibility index (Phi) is 5.45. The van der Waals surface area contributed by atoms with E-state index in [-0.39, 0.29) is 23.1 Å². The molecule has 7 rings (SSSR count). The van der Waals surface area contributed by atoms with Gasteiger partial charge < -0.3 is 14.6 Å². The highest BCUT2D eigenvalue weighted by atomic mass is 35.5. The molecule has 38 heavy (non-hydrogen) atoms. The number of fused-ring (bicyclic) bond motifs is 2. The molecule has 0 spiro atoms. The van der Waals surface area contributed by atoms with Gasteiger partial charge >= 0.3 is 10.9 Å². The van der Waals surface area contributed by atoms with Crippen molar-refractivity contribution in [1.82, 2.24) is 20.1 Å². The van der Waals surface area contributed by atoms with Gasteiger partial charge in [-0.1, -0.05) is 11.6 Å². The molecular formula is C26H20ClFN6O3S. The second-order valence-corrected chi connectivity index (χ2v) is 10.3. The fourth-order valence-electron chi connectivity index (χ4n) is 5.05. The molecular weight excluding hydrogens is 531 g/mol. The van der Waals surface area contributed by atoms with Gasteiger partial charge in [0.1, 0.15) is 29.1 Å². The van der Waals surface area contributed by atoms with Crippen LogP contribution in [0, 0.1) is 10.7 Å². The van der Waals surface area contributed by atoms with Gasteiger partial charge in [-0.2, -0.15) is 10.1 Å². The monoisotopic (exact) mass is 550 g/mol. The molecule has 1 fully saturated rings. The normalized spacial score (nSPS) is 18.4. The number of H-pyrrole nitrogens is 1. The number of aromatic nitrogens is 4. The Labute approximate surface area is 226 Å². The lowest BCUT2D eigenvalue weighted by Crippen LogP contribution is -2.39. The van der Waals surface area contributed by atoms with Crippen LogP contribution in [-0.4, -0.2) is 26.1 Å². The van der Waals surface area contributed by atoms with Gasteiger partial charge in [-0.15, -0.1) is 0 Å². The van der Waals surface area contributed by atoms with Crippen molar-refractivity contribution in [2.24, 2.45) is 0 Å². The first kappa shape index (κ1) is 23.3. The fourth-order valence-corrected chi connectivity index (χ4v) is 5.47. The highest BCUT2D eigenvalue weighted by Crippen LogP contribution is 2.46. The summed E-state index contributed by atoms with van der Waals surface area (Å²) in [5.74, 6) is 0.854. The number of amides is 2. The molecule has 192 valence electrons. The van der Waals surface area contributed by atoms with Crippen LogP contribution in [0.5, 0.6) is 5.75 Å². The van der Waals surface area contributed by atoms with E-state index in [2.05, 4.69) is 20.4 Å². The SMILES string of the molecule is O=C1Nc2cc(-c3nc(=S)o[nH]3)nc(C3CC3)c2CN1c1cc2c(cc1Cl)CCC(c1ncccc1F)O2.